The third kappa shape index (κ3) is 5.85. The van der Waals surface area contributed by atoms with Crippen LogP contribution < -0.4 is 5.32 Å². The van der Waals surface area contributed by atoms with Gasteiger partial charge in [0.25, 0.3) is 0 Å². The molecule has 0 spiro atoms. The lowest BCUT2D eigenvalue weighted by Crippen LogP contribution is -2.45. The third-order valence-corrected chi connectivity index (χ3v) is 6.19. The molecule has 1 aliphatic heterocycles. The van der Waals surface area contributed by atoms with Crippen molar-refractivity contribution in [2.45, 2.75) is 6.54 Å². The van der Waals surface area contributed by atoms with Gasteiger partial charge in [0.1, 0.15) is 0 Å². The molecule has 0 atom stereocenters. The van der Waals surface area contributed by atoms with Crippen molar-refractivity contribution in [2.24, 2.45) is 4.99 Å². The molecule has 25 heavy (non-hydrogen) atoms. The van der Waals surface area contributed by atoms with E-state index in [0.717, 1.165) is 5.56 Å². The average molecular weight is 389 g/mol. The first-order valence-electron chi connectivity index (χ1n) is 8.15. The summed E-state index contributed by atoms with van der Waals surface area (Å²) in [6, 6.07) is 7.61. The molecule has 0 unspecified atom stereocenters. The summed E-state index contributed by atoms with van der Waals surface area (Å²) in [7, 11) is 0.270. The van der Waals surface area contributed by atoms with Crippen LogP contribution in [-0.4, -0.2) is 76.3 Å². The number of benzene rings is 1. The molecule has 0 aromatic heterocycles. The van der Waals surface area contributed by atoms with Crippen molar-refractivity contribution in [3.8, 4) is 0 Å². The number of hydrogen-bond acceptors (Lipinski definition) is 4. The van der Waals surface area contributed by atoms with E-state index in [1.165, 1.54) is 4.31 Å². The molecule has 1 aliphatic rings. The van der Waals surface area contributed by atoms with E-state index in [9.17, 15) is 8.42 Å². The molecule has 1 heterocycles. The largest absolute Gasteiger partial charge is 0.379 e. The van der Waals surface area contributed by atoms with Crippen LogP contribution in [0.5, 0.6) is 0 Å². The average Bonchev–Trinajstić information content (AvgIpc) is 2.61. The Labute approximate surface area is 154 Å². The molecule has 140 valence electrons. The number of morpholine rings is 1. The summed E-state index contributed by atoms with van der Waals surface area (Å²) in [5.74, 6) is 0.642. The maximum absolute atomic E-state index is 12.3. The second-order valence-corrected chi connectivity index (χ2v) is 8.24. The molecule has 1 N–H and O–H groups in total. The highest BCUT2D eigenvalue weighted by atomic mass is 35.5. The van der Waals surface area contributed by atoms with Gasteiger partial charge < -0.3 is 15.0 Å². The van der Waals surface area contributed by atoms with E-state index in [1.807, 2.05) is 36.2 Å². The molecule has 0 saturated carbocycles. The normalized spacial score (nSPS) is 16.7. The van der Waals surface area contributed by atoms with Gasteiger partial charge in [0, 0.05) is 45.3 Å². The van der Waals surface area contributed by atoms with Crippen LogP contribution in [0.1, 0.15) is 5.56 Å². The summed E-state index contributed by atoms with van der Waals surface area (Å²) >= 11 is 6.18. The fourth-order valence-electron chi connectivity index (χ4n) is 2.59. The zero-order valence-corrected chi connectivity index (χ0v) is 16.2. The van der Waals surface area contributed by atoms with E-state index in [4.69, 9.17) is 16.3 Å². The summed E-state index contributed by atoms with van der Waals surface area (Å²) in [5.41, 5.74) is 0.982. The monoisotopic (exact) mass is 388 g/mol. The predicted octanol–water partition coefficient (Wildman–Crippen LogP) is 1.01. The molecule has 9 heteroatoms. The Morgan fingerprint density at radius 3 is 2.68 bits per heavy atom. The number of sulfonamides is 1. The van der Waals surface area contributed by atoms with E-state index in [1.54, 1.807) is 7.05 Å². The molecular formula is C16H25ClN4O3S. The number of nitrogens with zero attached hydrogens (tertiary/aromatic N) is 3. The minimum Gasteiger partial charge on any atom is -0.379 e. The highest BCUT2D eigenvalue weighted by Crippen LogP contribution is 2.16. The van der Waals surface area contributed by atoms with Gasteiger partial charge in [-0.2, -0.15) is 4.31 Å². The number of guanidine groups is 1. The Bertz CT molecular complexity index is 690. The summed E-state index contributed by atoms with van der Waals surface area (Å²) < 4.78 is 31.3. The molecular weight excluding hydrogens is 364 g/mol. The molecule has 0 radical (unpaired) electrons. The van der Waals surface area contributed by atoms with Gasteiger partial charge in [0.05, 0.1) is 19.0 Å². The molecule has 2 rings (SSSR count). The van der Waals surface area contributed by atoms with Crippen LogP contribution in [0.3, 0.4) is 0 Å². The Balaban J connectivity index is 1.86. The zero-order chi connectivity index (χ0) is 18.3. The SMILES string of the molecule is CN=C(NCCS(=O)(=O)N1CCOCC1)N(C)Cc1ccccc1Cl. The first-order chi connectivity index (χ1) is 11.9. The van der Waals surface area contributed by atoms with Crippen molar-refractivity contribution in [2.75, 3.05) is 52.7 Å². The van der Waals surface area contributed by atoms with E-state index in [2.05, 4.69) is 10.3 Å². The standard InChI is InChI=1S/C16H25ClN4O3S/c1-18-16(20(2)13-14-5-3-4-6-15(14)17)19-7-12-25(22,23)21-8-10-24-11-9-21/h3-6H,7-13H2,1-2H3,(H,18,19). The highest BCUT2D eigenvalue weighted by Gasteiger charge is 2.24. The zero-order valence-electron chi connectivity index (χ0n) is 14.6. The number of halogens is 1. The lowest BCUT2D eigenvalue weighted by atomic mass is 10.2. The first-order valence-corrected chi connectivity index (χ1v) is 10.1. The van der Waals surface area contributed by atoms with Crippen molar-refractivity contribution in [3.05, 3.63) is 34.9 Å². The molecule has 1 fully saturated rings. The van der Waals surface area contributed by atoms with Crippen molar-refractivity contribution in [1.82, 2.24) is 14.5 Å². The van der Waals surface area contributed by atoms with Crippen LogP contribution >= 0.6 is 11.6 Å². The molecule has 0 amide bonds. The number of rotatable bonds is 6. The minimum atomic E-state index is -3.28. The van der Waals surface area contributed by atoms with E-state index in [0.29, 0.717) is 50.4 Å². The van der Waals surface area contributed by atoms with Gasteiger partial charge in [0.2, 0.25) is 10.0 Å². The van der Waals surface area contributed by atoms with Crippen LogP contribution in [0.4, 0.5) is 0 Å². The van der Waals surface area contributed by atoms with Crippen molar-refractivity contribution in [3.63, 3.8) is 0 Å². The fourth-order valence-corrected chi connectivity index (χ4v) is 4.11. The molecule has 0 bridgehead atoms. The highest BCUT2D eigenvalue weighted by molar-refractivity contribution is 7.89. The van der Waals surface area contributed by atoms with Gasteiger partial charge in [-0.25, -0.2) is 8.42 Å². The van der Waals surface area contributed by atoms with E-state index in [-0.39, 0.29) is 5.75 Å². The van der Waals surface area contributed by atoms with Gasteiger partial charge in [-0.3, -0.25) is 4.99 Å². The van der Waals surface area contributed by atoms with Crippen molar-refractivity contribution >= 4 is 27.6 Å². The van der Waals surface area contributed by atoms with Gasteiger partial charge >= 0.3 is 0 Å². The van der Waals surface area contributed by atoms with Gasteiger partial charge in [-0.05, 0) is 11.6 Å². The van der Waals surface area contributed by atoms with Crippen molar-refractivity contribution < 1.29 is 13.2 Å². The Kier molecular flexibility index (Phi) is 7.49. The Morgan fingerprint density at radius 2 is 2.04 bits per heavy atom. The lowest BCUT2D eigenvalue weighted by Gasteiger charge is -2.27. The smallest absolute Gasteiger partial charge is 0.215 e. The Hall–Kier alpha value is -1.35. The number of nitrogens with one attached hydrogen (secondary N) is 1. The second-order valence-electron chi connectivity index (χ2n) is 5.75. The topological polar surface area (TPSA) is 74.2 Å². The summed E-state index contributed by atoms with van der Waals surface area (Å²) in [4.78, 5) is 6.11. The first kappa shape index (κ1) is 20.0. The molecule has 1 aromatic rings. The fraction of sp³-hybridized carbons (Fsp3) is 0.562. The van der Waals surface area contributed by atoms with Gasteiger partial charge in [-0.15, -0.1) is 0 Å². The van der Waals surface area contributed by atoms with Gasteiger partial charge in [0.15, 0.2) is 5.96 Å². The summed E-state index contributed by atoms with van der Waals surface area (Å²) in [6.07, 6.45) is 0. The van der Waals surface area contributed by atoms with Crippen LogP contribution in [0, 0.1) is 0 Å². The molecule has 0 aliphatic carbocycles. The van der Waals surface area contributed by atoms with Crippen LogP contribution in [0.2, 0.25) is 5.02 Å². The molecule has 7 nitrogen and oxygen atoms in total. The summed E-state index contributed by atoms with van der Waals surface area (Å²) in [6.45, 7) is 2.62. The van der Waals surface area contributed by atoms with Gasteiger partial charge in [-0.1, -0.05) is 29.8 Å². The number of hydrogen-bond donors (Lipinski definition) is 1. The van der Waals surface area contributed by atoms with Crippen LogP contribution in [0.25, 0.3) is 0 Å². The predicted molar refractivity (Wildman–Crippen MR) is 100 cm³/mol. The number of aliphatic imine (C=N–C) groups is 1. The second kappa shape index (κ2) is 9.38. The van der Waals surface area contributed by atoms with Crippen LogP contribution in [-0.2, 0) is 21.3 Å². The van der Waals surface area contributed by atoms with E-state index >= 15 is 0 Å². The Morgan fingerprint density at radius 1 is 1.36 bits per heavy atom. The lowest BCUT2D eigenvalue weighted by molar-refractivity contribution is 0.0730. The third-order valence-electron chi connectivity index (χ3n) is 3.95. The van der Waals surface area contributed by atoms with Crippen molar-refractivity contribution in [1.29, 1.82) is 0 Å². The summed E-state index contributed by atoms with van der Waals surface area (Å²) in [5, 5.41) is 3.79. The molecule has 1 aromatic carbocycles. The quantitative estimate of drug-likeness (QED) is 0.581. The maximum atomic E-state index is 12.3. The van der Waals surface area contributed by atoms with Crippen LogP contribution in [0.15, 0.2) is 29.3 Å². The minimum absolute atomic E-state index is 0.0198. The molecule has 1 saturated heterocycles. The maximum Gasteiger partial charge on any atom is 0.215 e. The van der Waals surface area contributed by atoms with E-state index < -0.39 is 10.0 Å². The number of ether oxygens (including phenoxy) is 1.